The maximum absolute atomic E-state index is 12.1. The summed E-state index contributed by atoms with van der Waals surface area (Å²) in [6.07, 6.45) is 4.47. The number of carboxylic acid groups (broad SMARTS) is 1. The summed E-state index contributed by atoms with van der Waals surface area (Å²) in [5, 5.41) is 21.2. The molecule has 0 aromatic heterocycles. The topological polar surface area (TPSA) is 89.9 Å². The van der Waals surface area contributed by atoms with Gasteiger partial charge in [-0.25, -0.2) is 4.79 Å². The highest BCUT2D eigenvalue weighted by Crippen LogP contribution is 2.22. The smallest absolute Gasteiger partial charge is 0.317 e. The number of carboxylic acids is 1. The molecule has 2 fully saturated rings. The highest BCUT2D eigenvalue weighted by Gasteiger charge is 2.31. The average molecular weight is 270 g/mol. The van der Waals surface area contributed by atoms with E-state index in [1.165, 1.54) is 0 Å². The van der Waals surface area contributed by atoms with Crippen LogP contribution in [-0.4, -0.2) is 51.8 Å². The van der Waals surface area contributed by atoms with Crippen molar-refractivity contribution in [3.8, 4) is 0 Å². The lowest BCUT2D eigenvalue weighted by molar-refractivity contribution is -0.137. The molecule has 2 amide bonds. The Hall–Kier alpha value is -1.30. The quantitative estimate of drug-likeness (QED) is 0.712. The maximum Gasteiger partial charge on any atom is 0.317 e. The van der Waals surface area contributed by atoms with E-state index in [-0.39, 0.29) is 30.6 Å². The third kappa shape index (κ3) is 3.83. The third-order valence-electron chi connectivity index (χ3n) is 4.07. The van der Waals surface area contributed by atoms with E-state index < -0.39 is 5.97 Å². The normalized spacial score (nSPS) is 31.2. The van der Waals surface area contributed by atoms with Gasteiger partial charge < -0.3 is 20.4 Å². The summed E-state index contributed by atoms with van der Waals surface area (Å²) in [5.74, 6) is -0.856. The molecule has 6 nitrogen and oxygen atoms in total. The van der Waals surface area contributed by atoms with Gasteiger partial charge in [-0.15, -0.1) is 0 Å². The van der Waals surface area contributed by atoms with E-state index in [0.717, 1.165) is 38.5 Å². The maximum atomic E-state index is 12.1. The Bertz CT molecular complexity index is 340. The van der Waals surface area contributed by atoms with Gasteiger partial charge in [0.25, 0.3) is 0 Å². The zero-order valence-corrected chi connectivity index (χ0v) is 11.0. The molecule has 3 N–H and O–H groups in total. The molecule has 0 aromatic rings. The molecular formula is C13H22N2O4. The van der Waals surface area contributed by atoms with Gasteiger partial charge in [0.1, 0.15) is 0 Å². The average Bonchev–Trinajstić information content (AvgIpc) is 2.79. The number of rotatable bonds is 3. The molecule has 1 aliphatic carbocycles. The molecule has 0 radical (unpaired) electrons. The first kappa shape index (κ1) is 14.1. The number of aliphatic hydroxyl groups excluding tert-OH is 1. The largest absolute Gasteiger partial charge is 0.481 e. The van der Waals surface area contributed by atoms with E-state index in [2.05, 4.69) is 5.32 Å². The van der Waals surface area contributed by atoms with Crippen LogP contribution < -0.4 is 5.32 Å². The summed E-state index contributed by atoms with van der Waals surface area (Å²) in [6, 6.07) is -0.209. The van der Waals surface area contributed by atoms with E-state index in [1.54, 1.807) is 4.90 Å². The molecule has 2 aliphatic rings. The van der Waals surface area contributed by atoms with Crippen molar-refractivity contribution < 1.29 is 19.8 Å². The summed E-state index contributed by atoms with van der Waals surface area (Å²) in [4.78, 5) is 24.6. The van der Waals surface area contributed by atoms with Crippen LogP contribution in [0.3, 0.4) is 0 Å². The Morgan fingerprint density at radius 3 is 2.47 bits per heavy atom. The zero-order chi connectivity index (χ0) is 13.8. The number of nitrogens with zero attached hydrogens (tertiary/aromatic N) is 1. The number of carbonyl (C=O) groups excluding carboxylic acids is 1. The fraction of sp³-hybridized carbons (Fsp3) is 0.846. The Labute approximate surface area is 112 Å². The second-order valence-electron chi connectivity index (χ2n) is 5.54. The minimum absolute atomic E-state index is 0.0246. The van der Waals surface area contributed by atoms with Gasteiger partial charge in [0.05, 0.1) is 12.5 Å². The molecule has 1 aliphatic heterocycles. The number of amides is 2. The SMILES string of the molecule is O=C(O)CC1CCCN1C(=O)NC1CCC(O)CC1. The Kier molecular flexibility index (Phi) is 4.63. The number of nitrogens with one attached hydrogen (secondary N) is 1. The molecule has 0 bridgehead atoms. The van der Waals surface area contributed by atoms with Crippen LogP contribution in [0.25, 0.3) is 0 Å². The van der Waals surface area contributed by atoms with Gasteiger partial charge in [-0.2, -0.15) is 0 Å². The molecule has 2 rings (SSSR count). The minimum Gasteiger partial charge on any atom is -0.481 e. The number of hydrogen-bond donors (Lipinski definition) is 3. The van der Waals surface area contributed by atoms with E-state index in [9.17, 15) is 14.7 Å². The first-order valence-electron chi connectivity index (χ1n) is 7.03. The lowest BCUT2D eigenvalue weighted by Gasteiger charge is -2.30. The Morgan fingerprint density at radius 2 is 1.84 bits per heavy atom. The van der Waals surface area contributed by atoms with Crippen molar-refractivity contribution in [3.05, 3.63) is 0 Å². The van der Waals surface area contributed by atoms with Gasteiger partial charge in [-0.1, -0.05) is 0 Å². The van der Waals surface area contributed by atoms with Crippen LogP contribution in [0.2, 0.25) is 0 Å². The van der Waals surface area contributed by atoms with Crippen LogP contribution in [0.15, 0.2) is 0 Å². The molecule has 1 atom stereocenters. The zero-order valence-electron chi connectivity index (χ0n) is 11.0. The van der Waals surface area contributed by atoms with Crippen LogP contribution in [0, 0.1) is 0 Å². The van der Waals surface area contributed by atoms with Gasteiger partial charge in [0.15, 0.2) is 0 Å². The molecule has 1 saturated heterocycles. The molecule has 0 spiro atoms. The van der Waals surface area contributed by atoms with Gasteiger partial charge in [-0.3, -0.25) is 4.79 Å². The van der Waals surface area contributed by atoms with Crippen molar-refractivity contribution in [2.45, 2.75) is 63.1 Å². The van der Waals surface area contributed by atoms with E-state index >= 15 is 0 Å². The van der Waals surface area contributed by atoms with Gasteiger partial charge in [0.2, 0.25) is 0 Å². The van der Waals surface area contributed by atoms with E-state index in [0.29, 0.717) is 6.54 Å². The summed E-state index contributed by atoms with van der Waals surface area (Å²) in [5.41, 5.74) is 0. The molecule has 19 heavy (non-hydrogen) atoms. The molecule has 108 valence electrons. The fourth-order valence-corrected chi connectivity index (χ4v) is 2.99. The van der Waals surface area contributed by atoms with Crippen molar-refractivity contribution in [1.82, 2.24) is 10.2 Å². The lowest BCUT2D eigenvalue weighted by atomic mass is 9.93. The number of aliphatic hydroxyl groups is 1. The van der Waals surface area contributed by atoms with Crippen molar-refractivity contribution in [2.24, 2.45) is 0 Å². The molecule has 0 aromatic carbocycles. The van der Waals surface area contributed by atoms with Crippen LogP contribution in [0.5, 0.6) is 0 Å². The van der Waals surface area contributed by atoms with Crippen LogP contribution >= 0.6 is 0 Å². The van der Waals surface area contributed by atoms with Crippen LogP contribution in [0.1, 0.15) is 44.9 Å². The standard InChI is InChI=1S/C13H22N2O4/c16-11-5-3-9(4-6-11)14-13(19)15-7-1-2-10(15)8-12(17)18/h9-11,16H,1-8H2,(H,14,19)(H,17,18). The third-order valence-corrected chi connectivity index (χ3v) is 4.07. The van der Waals surface area contributed by atoms with Gasteiger partial charge in [-0.05, 0) is 38.5 Å². The highest BCUT2D eigenvalue weighted by atomic mass is 16.4. The summed E-state index contributed by atoms with van der Waals surface area (Å²) >= 11 is 0. The number of urea groups is 1. The summed E-state index contributed by atoms with van der Waals surface area (Å²) in [6.45, 7) is 0.638. The summed E-state index contributed by atoms with van der Waals surface area (Å²) < 4.78 is 0. The lowest BCUT2D eigenvalue weighted by Crippen LogP contribution is -2.48. The number of likely N-dealkylation sites (tertiary alicyclic amines) is 1. The summed E-state index contributed by atoms with van der Waals surface area (Å²) in [7, 11) is 0. The number of carbonyl (C=O) groups is 2. The van der Waals surface area contributed by atoms with Gasteiger partial charge >= 0.3 is 12.0 Å². The molecule has 1 saturated carbocycles. The van der Waals surface area contributed by atoms with Crippen LogP contribution in [0.4, 0.5) is 4.79 Å². The van der Waals surface area contributed by atoms with Crippen molar-refractivity contribution in [1.29, 1.82) is 0 Å². The molecule has 1 heterocycles. The van der Waals surface area contributed by atoms with E-state index in [1.807, 2.05) is 0 Å². The Balaban J connectivity index is 1.83. The highest BCUT2D eigenvalue weighted by molar-refractivity contribution is 5.76. The molecule has 1 unspecified atom stereocenters. The second kappa shape index (κ2) is 6.23. The van der Waals surface area contributed by atoms with Crippen LogP contribution in [-0.2, 0) is 4.79 Å². The fourth-order valence-electron chi connectivity index (χ4n) is 2.99. The van der Waals surface area contributed by atoms with E-state index in [4.69, 9.17) is 5.11 Å². The molecule has 6 heteroatoms. The first-order chi connectivity index (χ1) is 9.06. The van der Waals surface area contributed by atoms with Gasteiger partial charge in [0, 0.05) is 18.6 Å². The predicted octanol–water partition coefficient (Wildman–Crippen LogP) is 0.939. The monoisotopic (exact) mass is 270 g/mol. The van der Waals surface area contributed by atoms with Crippen molar-refractivity contribution in [3.63, 3.8) is 0 Å². The first-order valence-corrected chi connectivity index (χ1v) is 7.03. The molecular weight excluding hydrogens is 248 g/mol. The number of hydrogen-bond acceptors (Lipinski definition) is 3. The number of aliphatic carboxylic acids is 1. The Morgan fingerprint density at radius 1 is 1.16 bits per heavy atom. The minimum atomic E-state index is -0.856. The predicted molar refractivity (Wildman–Crippen MR) is 68.8 cm³/mol. The van der Waals surface area contributed by atoms with Crippen molar-refractivity contribution >= 4 is 12.0 Å². The second-order valence-corrected chi connectivity index (χ2v) is 5.54. The van der Waals surface area contributed by atoms with Crippen molar-refractivity contribution in [2.75, 3.05) is 6.54 Å².